The Morgan fingerprint density at radius 1 is 0.929 bits per heavy atom. The Morgan fingerprint density at radius 3 is 2.36 bits per heavy atom. The van der Waals surface area contributed by atoms with Crippen LogP contribution in [-0.2, 0) is 9.53 Å². The minimum Gasteiger partial charge on any atom is -0.361 e. The molecule has 80 valence electrons. The maximum atomic E-state index is 11.5. The minimum atomic E-state index is -0.00516. The Labute approximate surface area is 86.0 Å². The van der Waals surface area contributed by atoms with Gasteiger partial charge in [-0.3, -0.25) is 4.79 Å². The third-order valence-corrected chi connectivity index (χ3v) is 3.31. The summed E-state index contributed by atoms with van der Waals surface area (Å²) in [6, 6.07) is 0. The number of fused-ring (bicyclic) bond motifs is 1. The van der Waals surface area contributed by atoms with Crippen molar-refractivity contribution < 1.29 is 9.53 Å². The topological polar surface area (TPSA) is 29.6 Å². The second-order valence-corrected chi connectivity index (χ2v) is 4.57. The molecule has 2 atom stereocenters. The molecule has 2 rings (SSSR count). The summed E-state index contributed by atoms with van der Waals surface area (Å²) in [5, 5.41) is 0. The van der Waals surface area contributed by atoms with E-state index >= 15 is 0 Å². The van der Waals surface area contributed by atoms with Gasteiger partial charge in [-0.15, -0.1) is 0 Å². The van der Waals surface area contributed by atoms with Gasteiger partial charge in [0.15, 0.2) is 5.78 Å². The first-order chi connectivity index (χ1) is 6.88. The maximum Gasteiger partial charge on any atom is 0.164 e. The standard InChI is InChI=1S/C12H20O2/c13-10-8-6-4-2-1-3-5-7-9-11-12(10)14-11/h11-12H,1-9H2. The van der Waals surface area contributed by atoms with Gasteiger partial charge in [0.05, 0.1) is 6.10 Å². The lowest BCUT2D eigenvalue weighted by molar-refractivity contribution is -0.120. The molecule has 0 N–H and O–H groups in total. The van der Waals surface area contributed by atoms with Crippen molar-refractivity contribution in [1.29, 1.82) is 0 Å². The van der Waals surface area contributed by atoms with Crippen molar-refractivity contribution in [3.63, 3.8) is 0 Å². The van der Waals surface area contributed by atoms with E-state index in [2.05, 4.69) is 0 Å². The molecule has 0 radical (unpaired) electrons. The smallest absolute Gasteiger partial charge is 0.164 e. The minimum absolute atomic E-state index is 0.00516. The van der Waals surface area contributed by atoms with E-state index in [-0.39, 0.29) is 6.10 Å². The lowest BCUT2D eigenvalue weighted by Crippen LogP contribution is -2.09. The zero-order valence-corrected chi connectivity index (χ0v) is 8.84. The number of Topliss-reactive ketones (excluding diaryl/α,β-unsaturated/α-hetero) is 1. The van der Waals surface area contributed by atoms with Gasteiger partial charge in [0.25, 0.3) is 0 Å². The predicted octanol–water partition coefficient (Wildman–Crippen LogP) is 2.85. The van der Waals surface area contributed by atoms with Crippen LogP contribution in [0, 0.1) is 0 Å². The zero-order valence-electron chi connectivity index (χ0n) is 8.84. The lowest BCUT2D eigenvalue weighted by atomic mass is 10.0. The molecule has 0 aromatic heterocycles. The van der Waals surface area contributed by atoms with Gasteiger partial charge in [0.1, 0.15) is 6.10 Å². The van der Waals surface area contributed by atoms with Crippen LogP contribution in [0.4, 0.5) is 0 Å². The van der Waals surface area contributed by atoms with Gasteiger partial charge in [-0.1, -0.05) is 38.5 Å². The summed E-state index contributed by atoms with van der Waals surface area (Å²) in [7, 11) is 0. The Bertz CT molecular complexity index is 200. The summed E-state index contributed by atoms with van der Waals surface area (Å²) < 4.78 is 5.39. The van der Waals surface area contributed by atoms with Crippen LogP contribution in [-0.4, -0.2) is 18.0 Å². The highest BCUT2D eigenvalue weighted by Crippen LogP contribution is 2.30. The van der Waals surface area contributed by atoms with Crippen molar-refractivity contribution in [2.75, 3.05) is 0 Å². The van der Waals surface area contributed by atoms with E-state index in [1.807, 2.05) is 0 Å². The molecule has 2 heteroatoms. The highest BCUT2D eigenvalue weighted by molar-refractivity contribution is 5.85. The summed E-state index contributed by atoms with van der Waals surface area (Å²) in [5.41, 5.74) is 0. The third-order valence-electron chi connectivity index (χ3n) is 3.31. The number of ether oxygens (including phenoxy) is 1. The quantitative estimate of drug-likeness (QED) is 0.557. The number of carbonyl (C=O) groups excluding carboxylic acids is 1. The normalized spacial score (nSPS) is 35.3. The van der Waals surface area contributed by atoms with Crippen molar-refractivity contribution >= 4 is 5.78 Å². The van der Waals surface area contributed by atoms with E-state index < -0.39 is 0 Å². The fraction of sp³-hybridized carbons (Fsp3) is 0.917. The van der Waals surface area contributed by atoms with Crippen LogP contribution < -0.4 is 0 Å². The van der Waals surface area contributed by atoms with E-state index in [4.69, 9.17) is 4.74 Å². The van der Waals surface area contributed by atoms with Crippen LogP contribution in [0.5, 0.6) is 0 Å². The molecular formula is C12H20O2. The lowest BCUT2D eigenvalue weighted by Gasteiger charge is -2.03. The van der Waals surface area contributed by atoms with Gasteiger partial charge in [-0.25, -0.2) is 0 Å². The monoisotopic (exact) mass is 196 g/mol. The van der Waals surface area contributed by atoms with Gasteiger partial charge in [0.2, 0.25) is 0 Å². The largest absolute Gasteiger partial charge is 0.361 e. The first-order valence-electron chi connectivity index (χ1n) is 6.06. The van der Waals surface area contributed by atoms with E-state index in [1.54, 1.807) is 0 Å². The molecule has 1 aliphatic carbocycles. The second-order valence-electron chi connectivity index (χ2n) is 4.57. The molecule has 14 heavy (non-hydrogen) atoms. The SMILES string of the molecule is O=C1CCCCCCCCCC2OC12. The summed E-state index contributed by atoms with van der Waals surface area (Å²) in [6.45, 7) is 0. The van der Waals surface area contributed by atoms with Crippen molar-refractivity contribution in [3.05, 3.63) is 0 Å². The third kappa shape index (κ3) is 2.81. The number of rotatable bonds is 0. The fourth-order valence-electron chi connectivity index (χ4n) is 2.32. The van der Waals surface area contributed by atoms with Crippen molar-refractivity contribution in [1.82, 2.24) is 0 Å². The molecule has 1 saturated carbocycles. The molecule has 0 spiro atoms. The molecule has 0 aromatic rings. The van der Waals surface area contributed by atoms with E-state index in [1.165, 1.54) is 38.5 Å². The van der Waals surface area contributed by atoms with Crippen LogP contribution in [0.2, 0.25) is 0 Å². The molecule has 0 bridgehead atoms. The average molecular weight is 196 g/mol. The van der Waals surface area contributed by atoms with Crippen LogP contribution in [0.3, 0.4) is 0 Å². The van der Waals surface area contributed by atoms with Crippen molar-refractivity contribution in [2.45, 2.75) is 70.0 Å². The van der Waals surface area contributed by atoms with E-state index in [0.29, 0.717) is 11.9 Å². The molecule has 2 aliphatic rings. The first kappa shape index (κ1) is 10.2. The van der Waals surface area contributed by atoms with Gasteiger partial charge in [-0.05, 0) is 12.8 Å². The molecule has 2 fully saturated rings. The molecule has 1 heterocycles. The molecule has 2 nitrogen and oxygen atoms in total. The van der Waals surface area contributed by atoms with Crippen LogP contribution in [0.25, 0.3) is 0 Å². The second kappa shape index (κ2) is 4.92. The van der Waals surface area contributed by atoms with Crippen LogP contribution in [0.1, 0.15) is 57.8 Å². The molecule has 0 amide bonds. The molecule has 2 unspecified atom stereocenters. The van der Waals surface area contributed by atoms with Gasteiger partial charge in [0, 0.05) is 6.42 Å². The van der Waals surface area contributed by atoms with Crippen molar-refractivity contribution in [2.24, 2.45) is 0 Å². The molecule has 0 aromatic carbocycles. The fourth-order valence-corrected chi connectivity index (χ4v) is 2.32. The molecule has 1 aliphatic heterocycles. The molecule has 1 saturated heterocycles. The molecular weight excluding hydrogens is 176 g/mol. The summed E-state index contributed by atoms with van der Waals surface area (Å²) >= 11 is 0. The summed E-state index contributed by atoms with van der Waals surface area (Å²) in [5.74, 6) is 0.357. The number of ketones is 1. The Balaban J connectivity index is 1.76. The maximum absolute atomic E-state index is 11.5. The van der Waals surface area contributed by atoms with E-state index in [9.17, 15) is 4.79 Å². The highest BCUT2D eigenvalue weighted by atomic mass is 16.6. The number of hydrogen-bond donors (Lipinski definition) is 0. The van der Waals surface area contributed by atoms with Gasteiger partial charge in [-0.2, -0.15) is 0 Å². The highest BCUT2D eigenvalue weighted by Gasteiger charge is 2.43. The predicted molar refractivity (Wildman–Crippen MR) is 55.2 cm³/mol. The Kier molecular flexibility index (Phi) is 3.57. The summed E-state index contributed by atoms with van der Waals surface area (Å²) in [6.07, 6.45) is 11.0. The van der Waals surface area contributed by atoms with Crippen LogP contribution in [0.15, 0.2) is 0 Å². The number of hydrogen-bond acceptors (Lipinski definition) is 2. The van der Waals surface area contributed by atoms with Crippen molar-refractivity contribution in [3.8, 4) is 0 Å². The number of carbonyl (C=O) groups is 1. The Hall–Kier alpha value is -0.370. The van der Waals surface area contributed by atoms with Gasteiger partial charge < -0.3 is 4.74 Å². The average Bonchev–Trinajstić information content (AvgIpc) is 2.92. The Morgan fingerprint density at radius 2 is 1.57 bits per heavy atom. The van der Waals surface area contributed by atoms with Gasteiger partial charge >= 0.3 is 0 Å². The van der Waals surface area contributed by atoms with Crippen LogP contribution >= 0.6 is 0 Å². The first-order valence-corrected chi connectivity index (χ1v) is 6.06. The zero-order chi connectivity index (χ0) is 9.80. The van der Waals surface area contributed by atoms with E-state index in [0.717, 1.165) is 19.3 Å². The summed E-state index contributed by atoms with van der Waals surface area (Å²) in [4.78, 5) is 11.5. The number of epoxide rings is 1.